The predicted octanol–water partition coefficient (Wildman–Crippen LogP) is 2.70. The first-order valence-corrected chi connectivity index (χ1v) is 7.00. The van der Waals surface area contributed by atoms with Crippen molar-refractivity contribution >= 4 is 27.5 Å². The molecule has 0 saturated carbocycles. The highest BCUT2D eigenvalue weighted by Crippen LogP contribution is 2.36. The van der Waals surface area contributed by atoms with Gasteiger partial charge in [0.1, 0.15) is 18.7 Å². The van der Waals surface area contributed by atoms with Crippen molar-refractivity contribution in [2.45, 2.75) is 19.4 Å². The van der Waals surface area contributed by atoms with Crippen molar-refractivity contribution in [3.63, 3.8) is 0 Å². The Morgan fingerprint density at radius 2 is 2.05 bits per heavy atom. The fourth-order valence-electron chi connectivity index (χ4n) is 2.10. The summed E-state index contributed by atoms with van der Waals surface area (Å²) in [6.45, 7) is 0.361. The van der Waals surface area contributed by atoms with Crippen molar-refractivity contribution in [3.05, 3.63) is 46.5 Å². The van der Waals surface area contributed by atoms with E-state index < -0.39 is 0 Å². The van der Waals surface area contributed by atoms with Crippen LogP contribution >= 0.6 is 15.9 Å². The summed E-state index contributed by atoms with van der Waals surface area (Å²) in [6, 6.07) is 3.86. The highest BCUT2D eigenvalue weighted by molar-refractivity contribution is 9.10. The van der Waals surface area contributed by atoms with E-state index in [1.165, 1.54) is 6.33 Å². The van der Waals surface area contributed by atoms with Gasteiger partial charge in [0.05, 0.1) is 5.69 Å². The molecule has 0 radical (unpaired) electrons. The van der Waals surface area contributed by atoms with Gasteiger partial charge in [0.15, 0.2) is 0 Å². The summed E-state index contributed by atoms with van der Waals surface area (Å²) in [5.41, 5.74) is 2.72. The first kappa shape index (κ1) is 13.1. The van der Waals surface area contributed by atoms with E-state index in [0.717, 1.165) is 27.7 Å². The lowest BCUT2D eigenvalue weighted by atomic mass is 10.0. The SMILES string of the molecule is O=C1CCc2cc(Br)cc(OCc3cncnc3)c2N1. The monoisotopic (exact) mass is 333 g/mol. The summed E-state index contributed by atoms with van der Waals surface area (Å²) in [7, 11) is 0. The molecule has 0 atom stereocenters. The number of aryl methyl sites for hydroxylation is 1. The van der Waals surface area contributed by atoms with E-state index in [4.69, 9.17) is 4.74 Å². The summed E-state index contributed by atoms with van der Waals surface area (Å²) in [5.74, 6) is 0.680. The van der Waals surface area contributed by atoms with Gasteiger partial charge in [-0.05, 0) is 24.1 Å². The van der Waals surface area contributed by atoms with Crippen LogP contribution in [0.15, 0.2) is 35.3 Å². The first-order chi connectivity index (χ1) is 9.72. The van der Waals surface area contributed by atoms with E-state index in [1.807, 2.05) is 12.1 Å². The third kappa shape index (κ3) is 2.80. The molecule has 20 heavy (non-hydrogen) atoms. The lowest BCUT2D eigenvalue weighted by Gasteiger charge is -2.20. The number of amides is 1. The van der Waals surface area contributed by atoms with Gasteiger partial charge in [0.25, 0.3) is 0 Å². The summed E-state index contributed by atoms with van der Waals surface area (Å²) in [6.07, 6.45) is 6.12. The second-order valence-electron chi connectivity index (χ2n) is 4.52. The maximum absolute atomic E-state index is 11.5. The van der Waals surface area contributed by atoms with E-state index in [9.17, 15) is 4.79 Å². The summed E-state index contributed by atoms with van der Waals surface area (Å²) in [4.78, 5) is 19.4. The normalized spacial score (nSPS) is 13.6. The zero-order valence-corrected chi connectivity index (χ0v) is 12.2. The van der Waals surface area contributed by atoms with Crippen LogP contribution in [0.3, 0.4) is 0 Å². The number of carbonyl (C=O) groups excluding carboxylic acids is 1. The van der Waals surface area contributed by atoms with Gasteiger partial charge in [-0.3, -0.25) is 4.79 Å². The Labute approximate surface area is 124 Å². The van der Waals surface area contributed by atoms with Crippen LogP contribution in [-0.4, -0.2) is 15.9 Å². The molecule has 3 rings (SSSR count). The standard InChI is InChI=1S/C14H12BrN3O2/c15-11-3-10-1-2-13(19)18-14(10)12(4-11)20-7-9-5-16-8-17-6-9/h3-6,8H,1-2,7H2,(H,18,19). The lowest BCUT2D eigenvalue weighted by molar-refractivity contribution is -0.116. The van der Waals surface area contributed by atoms with E-state index in [2.05, 4.69) is 31.2 Å². The number of hydrogen-bond acceptors (Lipinski definition) is 4. The number of anilines is 1. The van der Waals surface area contributed by atoms with Crippen molar-refractivity contribution < 1.29 is 9.53 Å². The van der Waals surface area contributed by atoms with Crippen molar-refractivity contribution in [2.75, 3.05) is 5.32 Å². The van der Waals surface area contributed by atoms with Crippen LogP contribution in [-0.2, 0) is 17.8 Å². The molecule has 6 heteroatoms. The Kier molecular flexibility index (Phi) is 3.64. The topological polar surface area (TPSA) is 64.1 Å². The Bertz CT molecular complexity index is 646. The fourth-order valence-corrected chi connectivity index (χ4v) is 2.59. The zero-order chi connectivity index (χ0) is 13.9. The summed E-state index contributed by atoms with van der Waals surface area (Å²) < 4.78 is 6.73. The smallest absolute Gasteiger partial charge is 0.224 e. The number of fused-ring (bicyclic) bond motifs is 1. The fraction of sp³-hybridized carbons (Fsp3) is 0.214. The average molecular weight is 334 g/mol. The number of ether oxygens (including phenoxy) is 1. The first-order valence-electron chi connectivity index (χ1n) is 6.21. The molecule has 0 spiro atoms. The highest BCUT2D eigenvalue weighted by Gasteiger charge is 2.19. The van der Waals surface area contributed by atoms with Gasteiger partial charge in [-0.1, -0.05) is 15.9 Å². The van der Waals surface area contributed by atoms with Crippen LogP contribution in [0.25, 0.3) is 0 Å². The van der Waals surface area contributed by atoms with Gasteiger partial charge < -0.3 is 10.1 Å². The third-order valence-corrected chi connectivity index (χ3v) is 3.50. The minimum atomic E-state index is 0.0210. The zero-order valence-electron chi connectivity index (χ0n) is 10.6. The van der Waals surface area contributed by atoms with Crippen LogP contribution in [0, 0.1) is 0 Å². The number of rotatable bonds is 3. The Balaban J connectivity index is 1.85. The number of nitrogens with one attached hydrogen (secondary N) is 1. The molecule has 1 aliphatic heterocycles. The van der Waals surface area contributed by atoms with Crippen LogP contribution < -0.4 is 10.1 Å². The molecular weight excluding hydrogens is 322 g/mol. The average Bonchev–Trinajstić information content (AvgIpc) is 2.46. The van der Waals surface area contributed by atoms with Crippen molar-refractivity contribution in [2.24, 2.45) is 0 Å². The molecular formula is C14H12BrN3O2. The molecule has 102 valence electrons. The Morgan fingerprint density at radius 1 is 1.25 bits per heavy atom. The van der Waals surface area contributed by atoms with Gasteiger partial charge in [0.2, 0.25) is 5.91 Å². The van der Waals surface area contributed by atoms with Crippen LogP contribution in [0.2, 0.25) is 0 Å². The quantitative estimate of drug-likeness (QED) is 0.937. The number of benzene rings is 1. The molecule has 0 bridgehead atoms. The van der Waals surface area contributed by atoms with Crippen LogP contribution in [0.4, 0.5) is 5.69 Å². The molecule has 5 nitrogen and oxygen atoms in total. The Hall–Kier alpha value is -1.95. The van der Waals surface area contributed by atoms with Crippen LogP contribution in [0.1, 0.15) is 17.5 Å². The number of aromatic nitrogens is 2. The number of halogens is 1. The largest absolute Gasteiger partial charge is 0.487 e. The molecule has 0 saturated heterocycles. The second-order valence-corrected chi connectivity index (χ2v) is 5.44. The van der Waals surface area contributed by atoms with Gasteiger partial charge in [-0.15, -0.1) is 0 Å². The number of carbonyl (C=O) groups is 1. The maximum atomic E-state index is 11.5. The van der Waals surface area contributed by atoms with Crippen LogP contribution in [0.5, 0.6) is 5.75 Å². The third-order valence-electron chi connectivity index (χ3n) is 3.04. The van der Waals surface area contributed by atoms with E-state index >= 15 is 0 Å². The molecule has 1 N–H and O–H groups in total. The second kappa shape index (κ2) is 5.58. The van der Waals surface area contributed by atoms with Crippen molar-refractivity contribution in [1.82, 2.24) is 9.97 Å². The molecule has 1 aromatic heterocycles. The van der Waals surface area contributed by atoms with Gasteiger partial charge >= 0.3 is 0 Å². The van der Waals surface area contributed by atoms with Gasteiger partial charge in [0, 0.05) is 28.9 Å². The predicted molar refractivity (Wildman–Crippen MR) is 77.5 cm³/mol. The molecule has 2 heterocycles. The lowest BCUT2D eigenvalue weighted by Crippen LogP contribution is -2.19. The molecule has 0 unspecified atom stereocenters. The van der Waals surface area contributed by atoms with E-state index in [-0.39, 0.29) is 5.91 Å². The highest BCUT2D eigenvalue weighted by atomic mass is 79.9. The minimum Gasteiger partial charge on any atom is -0.487 e. The molecule has 1 aromatic carbocycles. The molecule has 2 aromatic rings. The van der Waals surface area contributed by atoms with E-state index in [1.54, 1.807) is 12.4 Å². The number of nitrogens with zero attached hydrogens (tertiary/aromatic N) is 2. The maximum Gasteiger partial charge on any atom is 0.224 e. The summed E-state index contributed by atoms with van der Waals surface area (Å²) in [5, 5.41) is 2.88. The van der Waals surface area contributed by atoms with Gasteiger partial charge in [-0.25, -0.2) is 9.97 Å². The molecule has 1 amide bonds. The molecule has 0 fully saturated rings. The molecule has 0 aliphatic carbocycles. The van der Waals surface area contributed by atoms with E-state index in [0.29, 0.717) is 18.8 Å². The number of hydrogen-bond donors (Lipinski definition) is 1. The molecule has 1 aliphatic rings. The van der Waals surface area contributed by atoms with Gasteiger partial charge in [-0.2, -0.15) is 0 Å². The Morgan fingerprint density at radius 3 is 2.85 bits per heavy atom. The summed E-state index contributed by atoms with van der Waals surface area (Å²) >= 11 is 3.47. The van der Waals surface area contributed by atoms with Crippen molar-refractivity contribution in [3.8, 4) is 5.75 Å². The van der Waals surface area contributed by atoms with Crippen molar-refractivity contribution in [1.29, 1.82) is 0 Å². The minimum absolute atomic E-state index is 0.0210.